The SMILES string of the molecule is CCCC(C)C(=O)Nc1ccc(S(=O)(=O)Nc2ncccn2)cc1. The van der Waals surface area contributed by atoms with E-state index in [0.717, 1.165) is 12.8 Å². The maximum atomic E-state index is 12.3. The van der Waals surface area contributed by atoms with Gasteiger partial charge in [-0.1, -0.05) is 20.3 Å². The van der Waals surface area contributed by atoms with Crippen molar-refractivity contribution in [2.75, 3.05) is 10.0 Å². The van der Waals surface area contributed by atoms with Crippen LogP contribution in [0.4, 0.5) is 11.6 Å². The quantitative estimate of drug-likeness (QED) is 0.801. The highest BCUT2D eigenvalue weighted by atomic mass is 32.2. The average Bonchev–Trinajstić information content (AvgIpc) is 2.56. The Balaban J connectivity index is 2.07. The van der Waals surface area contributed by atoms with Gasteiger partial charge in [0, 0.05) is 24.0 Å². The fourth-order valence-corrected chi connectivity index (χ4v) is 3.04. The number of benzene rings is 1. The van der Waals surface area contributed by atoms with Crippen LogP contribution < -0.4 is 10.0 Å². The lowest BCUT2D eigenvalue weighted by atomic mass is 10.1. The summed E-state index contributed by atoms with van der Waals surface area (Å²) in [5, 5.41) is 2.78. The Hall–Kier alpha value is -2.48. The molecule has 0 fully saturated rings. The van der Waals surface area contributed by atoms with E-state index >= 15 is 0 Å². The second-order valence-corrected chi connectivity index (χ2v) is 7.06. The molecule has 1 aromatic heterocycles. The first-order chi connectivity index (χ1) is 11.4. The third-order valence-corrected chi connectivity index (χ3v) is 4.74. The van der Waals surface area contributed by atoms with Crippen LogP contribution in [0, 0.1) is 5.92 Å². The van der Waals surface area contributed by atoms with Gasteiger partial charge in [0.25, 0.3) is 10.0 Å². The number of hydrogen-bond donors (Lipinski definition) is 2. The van der Waals surface area contributed by atoms with Gasteiger partial charge in [-0.25, -0.2) is 23.1 Å². The summed E-state index contributed by atoms with van der Waals surface area (Å²) in [6.45, 7) is 3.88. The van der Waals surface area contributed by atoms with Crippen LogP contribution in [-0.2, 0) is 14.8 Å². The van der Waals surface area contributed by atoms with E-state index in [1.807, 2.05) is 13.8 Å². The van der Waals surface area contributed by atoms with Crippen molar-refractivity contribution in [1.29, 1.82) is 0 Å². The molecule has 0 aliphatic rings. The zero-order valence-corrected chi connectivity index (χ0v) is 14.4. The smallest absolute Gasteiger partial charge is 0.264 e. The van der Waals surface area contributed by atoms with Gasteiger partial charge in [0.1, 0.15) is 0 Å². The minimum atomic E-state index is -3.77. The number of rotatable bonds is 7. The summed E-state index contributed by atoms with van der Waals surface area (Å²) >= 11 is 0. The molecule has 8 heteroatoms. The zero-order chi connectivity index (χ0) is 17.6. The standard InChI is InChI=1S/C16H20N4O3S/c1-3-5-12(2)15(21)19-13-6-8-14(9-7-13)24(22,23)20-16-17-10-4-11-18-16/h4,6-12H,3,5H2,1-2H3,(H,19,21)(H,17,18,20). The summed E-state index contributed by atoms with van der Waals surface area (Å²) in [6.07, 6.45) is 4.63. The first-order valence-corrected chi connectivity index (χ1v) is 9.11. The van der Waals surface area contributed by atoms with Crippen molar-refractivity contribution in [3.8, 4) is 0 Å². The number of amides is 1. The number of nitrogens with one attached hydrogen (secondary N) is 2. The Kier molecular flexibility index (Phi) is 5.86. The Labute approximate surface area is 141 Å². The predicted octanol–water partition coefficient (Wildman–Crippen LogP) is 2.65. The van der Waals surface area contributed by atoms with Gasteiger partial charge in [-0.2, -0.15) is 0 Å². The van der Waals surface area contributed by atoms with E-state index in [1.54, 1.807) is 18.2 Å². The third-order valence-electron chi connectivity index (χ3n) is 3.39. The molecule has 1 amide bonds. The molecule has 1 atom stereocenters. The largest absolute Gasteiger partial charge is 0.326 e. The molecule has 0 aliphatic heterocycles. The van der Waals surface area contributed by atoms with Crippen molar-refractivity contribution in [3.05, 3.63) is 42.7 Å². The van der Waals surface area contributed by atoms with Gasteiger partial charge >= 0.3 is 0 Å². The van der Waals surface area contributed by atoms with E-state index in [1.165, 1.54) is 24.5 Å². The molecule has 2 aromatic rings. The van der Waals surface area contributed by atoms with Crippen molar-refractivity contribution in [2.45, 2.75) is 31.6 Å². The van der Waals surface area contributed by atoms with Gasteiger partial charge in [-0.05, 0) is 36.8 Å². The summed E-state index contributed by atoms with van der Waals surface area (Å²) in [5.41, 5.74) is 0.554. The van der Waals surface area contributed by atoms with Gasteiger partial charge in [-0.15, -0.1) is 0 Å². The molecule has 7 nitrogen and oxygen atoms in total. The number of nitrogens with zero attached hydrogens (tertiary/aromatic N) is 2. The minimum Gasteiger partial charge on any atom is -0.326 e. The van der Waals surface area contributed by atoms with Crippen molar-refractivity contribution < 1.29 is 13.2 Å². The lowest BCUT2D eigenvalue weighted by Gasteiger charge is -2.12. The van der Waals surface area contributed by atoms with Crippen LogP contribution in [0.25, 0.3) is 0 Å². The highest BCUT2D eigenvalue weighted by Crippen LogP contribution is 2.17. The van der Waals surface area contributed by atoms with Crippen LogP contribution in [0.3, 0.4) is 0 Å². The van der Waals surface area contributed by atoms with Crippen LogP contribution in [0.1, 0.15) is 26.7 Å². The summed E-state index contributed by atoms with van der Waals surface area (Å²) in [4.78, 5) is 19.7. The Morgan fingerprint density at radius 1 is 1.17 bits per heavy atom. The topological polar surface area (TPSA) is 101 Å². The van der Waals surface area contributed by atoms with Crippen LogP contribution in [0.15, 0.2) is 47.6 Å². The molecule has 24 heavy (non-hydrogen) atoms. The van der Waals surface area contributed by atoms with Crippen LogP contribution in [-0.4, -0.2) is 24.3 Å². The molecule has 2 rings (SSSR count). The Morgan fingerprint density at radius 2 is 1.79 bits per heavy atom. The second kappa shape index (κ2) is 7.87. The van der Waals surface area contributed by atoms with E-state index in [0.29, 0.717) is 5.69 Å². The summed E-state index contributed by atoms with van der Waals surface area (Å²) in [5.74, 6) is -0.165. The molecule has 1 unspecified atom stereocenters. The first-order valence-electron chi connectivity index (χ1n) is 7.63. The normalized spacial score (nSPS) is 12.4. The zero-order valence-electron chi connectivity index (χ0n) is 13.6. The molecule has 0 radical (unpaired) electrons. The van der Waals surface area contributed by atoms with E-state index < -0.39 is 10.0 Å². The molecule has 2 N–H and O–H groups in total. The fourth-order valence-electron chi connectivity index (χ4n) is 2.08. The maximum Gasteiger partial charge on any atom is 0.264 e. The van der Waals surface area contributed by atoms with Gasteiger partial charge < -0.3 is 5.32 Å². The predicted molar refractivity (Wildman–Crippen MR) is 92.0 cm³/mol. The lowest BCUT2D eigenvalue weighted by Crippen LogP contribution is -2.20. The van der Waals surface area contributed by atoms with E-state index in [-0.39, 0.29) is 22.7 Å². The van der Waals surface area contributed by atoms with Gasteiger partial charge in [-0.3, -0.25) is 4.79 Å². The molecule has 0 saturated heterocycles. The molecule has 1 aromatic carbocycles. The number of carbonyl (C=O) groups is 1. The van der Waals surface area contributed by atoms with Crippen LogP contribution in [0.5, 0.6) is 0 Å². The number of carbonyl (C=O) groups excluding carboxylic acids is 1. The minimum absolute atomic E-state index is 0.00303. The molecular formula is C16H20N4O3S. The monoisotopic (exact) mass is 348 g/mol. The van der Waals surface area contributed by atoms with E-state index in [4.69, 9.17) is 0 Å². The van der Waals surface area contributed by atoms with E-state index in [2.05, 4.69) is 20.0 Å². The van der Waals surface area contributed by atoms with Crippen LogP contribution in [0.2, 0.25) is 0 Å². The maximum absolute atomic E-state index is 12.3. The summed E-state index contributed by atoms with van der Waals surface area (Å²) in [7, 11) is -3.77. The highest BCUT2D eigenvalue weighted by Gasteiger charge is 2.16. The molecule has 0 aliphatic carbocycles. The van der Waals surface area contributed by atoms with Gasteiger partial charge in [0.15, 0.2) is 0 Å². The van der Waals surface area contributed by atoms with Crippen molar-refractivity contribution in [2.24, 2.45) is 5.92 Å². The van der Waals surface area contributed by atoms with Gasteiger partial charge in [0.05, 0.1) is 4.90 Å². The summed E-state index contributed by atoms with van der Waals surface area (Å²) in [6, 6.07) is 7.54. The van der Waals surface area contributed by atoms with Crippen molar-refractivity contribution >= 4 is 27.6 Å². The molecule has 128 valence electrons. The summed E-state index contributed by atoms with van der Waals surface area (Å²) < 4.78 is 26.8. The fraction of sp³-hybridized carbons (Fsp3) is 0.312. The first kappa shape index (κ1) is 17.9. The second-order valence-electron chi connectivity index (χ2n) is 5.38. The molecule has 0 bridgehead atoms. The van der Waals surface area contributed by atoms with Gasteiger partial charge in [0.2, 0.25) is 11.9 Å². The molecule has 0 saturated carbocycles. The van der Waals surface area contributed by atoms with Crippen LogP contribution >= 0.6 is 0 Å². The number of hydrogen-bond acceptors (Lipinski definition) is 5. The number of aromatic nitrogens is 2. The molecular weight excluding hydrogens is 328 g/mol. The van der Waals surface area contributed by atoms with Crippen molar-refractivity contribution in [3.63, 3.8) is 0 Å². The Bertz CT molecular complexity index is 777. The number of sulfonamides is 1. The molecule has 1 heterocycles. The Morgan fingerprint density at radius 3 is 2.38 bits per heavy atom. The highest BCUT2D eigenvalue weighted by molar-refractivity contribution is 7.92. The molecule has 0 spiro atoms. The van der Waals surface area contributed by atoms with E-state index in [9.17, 15) is 13.2 Å². The average molecular weight is 348 g/mol. The number of anilines is 2. The third kappa shape index (κ3) is 4.76. The lowest BCUT2D eigenvalue weighted by molar-refractivity contribution is -0.119. The van der Waals surface area contributed by atoms with Crippen molar-refractivity contribution in [1.82, 2.24) is 9.97 Å².